The molecule has 30 heavy (non-hydrogen) atoms. The average molecular weight is 425 g/mol. The van der Waals surface area contributed by atoms with E-state index < -0.39 is 0 Å². The van der Waals surface area contributed by atoms with Crippen LogP contribution in [0.15, 0.2) is 35.0 Å². The van der Waals surface area contributed by atoms with Crippen LogP contribution in [0.2, 0.25) is 0 Å². The predicted molar refractivity (Wildman–Crippen MR) is 120 cm³/mol. The molecule has 7 heteroatoms. The Morgan fingerprint density at radius 2 is 2.00 bits per heavy atom. The topological polar surface area (TPSA) is 76.4 Å². The van der Waals surface area contributed by atoms with Crippen LogP contribution in [0, 0.1) is 25.2 Å². The first-order valence-electron chi connectivity index (χ1n) is 10.3. The van der Waals surface area contributed by atoms with E-state index in [9.17, 15) is 9.59 Å². The average Bonchev–Trinajstić information content (AvgIpc) is 3.27. The molecule has 2 amide bonds. The van der Waals surface area contributed by atoms with Gasteiger partial charge in [-0.05, 0) is 61.4 Å². The van der Waals surface area contributed by atoms with Gasteiger partial charge in [-0.3, -0.25) is 14.5 Å². The van der Waals surface area contributed by atoms with Gasteiger partial charge in [0, 0.05) is 42.3 Å². The third-order valence-electron chi connectivity index (χ3n) is 5.62. The molecule has 1 fully saturated rings. The Bertz CT molecular complexity index is 912. The zero-order valence-electron chi connectivity index (χ0n) is 17.6. The van der Waals surface area contributed by atoms with Crippen LogP contribution < -0.4 is 10.2 Å². The SMILES string of the molecule is Cc1ccc(N(CCC#N)C(=O)CN2CCC(NC(=O)c3ccsc3)CC2)cc1C. The number of nitrogens with zero attached hydrogens (tertiary/aromatic N) is 3. The minimum atomic E-state index is -0.0248. The molecular formula is C23H28N4O2S. The molecule has 1 N–H and O–H groups in total. The fourth-order valence-electron chi connectivity index (χ4n) is 3.63. The molecule has 3 rings (SSSR count). The van der Waals surface area contributed by atoms with Gasteiger partial charge in [0.15, 0.2) is 0 Å². The molecule has 0 bridgehead atoms. The van der Waals surface area contributed by atoms with Crippen LogP contribution in [0.25, 0.3) is 0 Å². The van der Waals surface area contributed by atoms with E-state index in [1.807, 2.05) is 48.9 Å². The molecule has 1 aliphatic rings. The summed E-state index contributed by atoms with van der Waals surface area (Å²) in [4.78, 5) is 29.1. The van der Waals surface area contributed by atoms with E-state index in [-0.39, 0.29) is 17.9 Å². The second kappa shape index (κ2) is 10.4. The molecule has 2 aromatic rings. The number of nitrogens with one attached hydrogen (secondary N) is 1. The summed E-state index contributed by atoms with van der Waals surface area (Å²) in [5.41, 5.74) is 3.86. The highest BCUT2D eigenvalue weighted by molar-refractivity contribution is 7.08. The number of aryl methyl sites for hydroxylation is 2. The number of carbonyl (C=O) groups is 2. The van der Waals surface area contributed by atoms with Crippen molar-refractivity contribution in [2.24, 2.45) is 0 Å². The van der Waals surface area contributed by atoms with Gasteiger partial charge in [-0.25, -0.2) is 0 Å². The second-order valence-corrected chi connectivity index (χ2v) is 8.54. The highest BCUT2D eigenvalue weighted by Crippen LogP contribution is 2.20. The number of piperidine rings is 1. The molecule has 1 aliphatic heterocycles. The van der Waals surface area contributed by atoms with Crippen LogP contribution >= 0.6 is 11.3 Å². The Balaban J connectivity index is 1.55. The Labute approximate surface area is 182 Å². The fraction of sp³-hybridized carbons (Fsp3) is 0.435. The first kappa shape index (κ1) is 22.0. The minimum Gasteiger partial charge on any atom is -0.349 e. The molecule has 1 aromatic carbocycles. The minimum absolute atomic E-state index is 0.00858. The van der Waals surface area contributed by atoms with E-state index in [1.165, 1.54) is 16.9 Å². The molecule has 158 valence electrons. The highest BCUT2D eigenvalue weighted by atomic mass is 32.1. The lowest BCUT2D eigenvalue weighted by atomic mass is 10.0. The molecular weight excluding hydrogens is 396 g/mol. The van der Waals surface area contributed by atoms with Crippen LogP contribution in [0.4, 0.5) is 5.69 Å². The Hall–Kier alpha value is -2.69. The van der Waals surface area contributed by atoms with Gasteiger partial charge in [0.2, 0.25) is 5.91 Å². The number of anilines is 1. The summed E-state index contributed by atoms with van der Waals surface area (Å²) in [6.45, 7) is 6.32. The molecule has 0 spiro atoms. The normalized spacial score (nSPS) is 14.8. The van der Waals surface area contributed by atoms with Crippen molar-refractivity contribution in [3.63, 3.8) is 0 Å². The van der Waals surface area contributed by atoms with E-state index in [1.54, 1.807) is 4.90 Å². The van der Waals surface area contributed by atoms with Crippen LogP contribution in [0.3, 0.4) is 0 Å². The van der Waals surface area contributed by atoms with Crippen molar-refractivity contribution < 1.29 is 9.59 Å². The number of hydrogen-bond acceptors (Lipinski definition) is 5. The standard InChI is InChI=1S/C23H28N4O2S/c1-17-4-5-21(14-18(17)2)27(10-3-9-24)22(28)15-26-11-6-20(7-12-26)25-23(29)19-8-13-30-16-19/h4-5,8,13-14,16,20H,3,6-7,10-12,15H2,1-2H3,(H,25,29). The number of thiophene rings is 1. The lowest BCUT2D eigenvalue weighted by Gasteiger charge is -2.33. The van der Waals surface area contributed by atoms with E-state index >= 15 is 0 Å². The van der Waals surface area contributed by atoms with Crippen LogP contribution in [0.1, 0.15) is 40.7 Å². The first-order chi connectivity index (χ1) is 14.5. The van der Waals surface area contributed by atoms with E-state index in [0.29, 0.717) is 25.1 Å². The molecule has 0 saturated carbocycles. The Morgan fingerprint density at radius 3 is 2.63 bits per heavy atom. The molecule has 0 radical (unpaired) electrons. The van der Waals surface area contributed by atoms with Crippen molar-refractivity contribution in [2.75, 3.05) is 31.1 Å². The molecule has 0 aliphatic carbocycles. The van der Waals surface area contributed by atoms with Gasteiger partial charge in [0.05, 0.1) is 19.0 Å². The molecule has 1 aromatic heterocycles. The number of rotatable bonds is 7. The molecule has 1 saturated heterocycles. The fourth-order valence-corrected chi connectivity index (χ4v) is 4.26. The van der Waals surface area contributed by atoms with Crippen molar-refractivity contribution in [1.29, 1.82) is 5.26 Å². The third kappa shape index (κ3) is 5.68. The van der Waals surface area contributed by atoms with Crippen molar-refractivity contribution in [1.82, 2.24) is 10.2 Å². The number of nitriles is 1. The zero-order valence-corrected chi connectivity index (χ0v) is 18.4. The molecule has 0 unspecified atom stereocenters. The smallest absolute Gasteiger partial charge is 0.252 e. The maximum Gasteiger partial charge on any atom is 0.252 e. The molecule has 2 heterocycles. The van der Waals surface area contributed by atoms with Crippen molar-refractivity contribution in [2.45, 2.75) is 39.2 Å². The van der Waals surface area contributed by atoms with E-state index in [4.69, 9.17) is 5.26 Å². The van der Waals surface area contributed by atoms with Crippen molar-refractivity contribution in [3.8, 4) is 6.07 Å². The summed E-state index contributed by atoms with van der Waals surface area (Å²) in [5, 5.41) is 15.8. The first-order valence-corrected chi connectivity index (χ1v) is 11.2. The van der Waals surface area contributed by atoms with Gasteiger partial charge < -0.3 is 10.2 Å². The third-order valence-corrected chi connectivity index (χ3v) is 6.30. The van der Waals surface area contributed by atoms with Gasteiger partial charge in [-0.1, -0.05) is 6.07 Å². The summed E-state index contributed by atoms with van der Waals surface area (Å²) in [6, 6.07) is 10.1. The summed E-state index contributed by atoms with van der Waals surface area (Å²) >= 11 is 1.51. The summed E-state index contributed by atoms with van der Waals surface area (Å²) in [7, 11) is 0. The lowest BCUT2D eigenvalue weighted by Crippen LogP contribution is -2.48. The molecule has 0 atom stereocenters. The quantitative estimate of drug-likeness (QED) is 0.738. The van der Waals surface area contributed by atoms with E-state index in [2.05, 4.69) is 16.3 Å². The van der Waals surface area contributed by atoms with Crippen molar-refractivity contribution >= 4 is 28.8 Å². The number of hydrogen-bond donors (Lipinski definition) is 1. The number of benzene rings is 1. The maximum atomic E-state index is 13.0. The van der Waals surface area contributed by atoms with Gasteiger partial charge in [-0.2, -0.15) is 16.6 Å². The second-order valence-electron chi connectivity index (χ2n) is 7.76. The monoisotopic (exact) mass is 424 g/mol. The number of carbonyl (C=O) groups excluding carboxylic acids is 2. The zero-order chi connectivity index (χ0) is 21.5. The van der Waals surface area contributed by atoms with Gasteiger partial charge >= 0.3 is 0 Å². The number of likely N-dealkylation sites (tertiary alicyclic amines) is 1. The summed E-state index contributed by atoms with van der Waals surface area (Å²) in [5.74, 6) is -0.0162. The Morgan fingerprint density at radius 1 is 1.23 bits per heavy atom. The van der Waals surface area contributed by atoms with Gasteiger partial charge in [0.25, 0.3) is 5.91 Å². The van der Waals surface area contributed by atoms with Crippen LogP contribution in [-0.4, -0.2) is 48.9 Å². The summed E-state index contributed by atoms with van der Waals surface area (Å²) in [6.07, 6.45) is 1.95. The number of amides is 2. The van der Waals surface area contributed by atoms with E-state index in [0.717, 1.165) is 37.2 Å². The van der Waals surface area contributed by atoms with Crippen LogP contribution in [0.5, 0.6) is 0 Å². The summed E-state index contributed by atoms with van der Waals surface area (Å²) < 4.78 is 0. The Kier molecular flexibility index (Phi) is 7.61. The highest BCUT2D eigenvalue weighted by Gasteiger charge is 2.25. The van der Waals surface area contributed by atoms with Gasteiger partial charge in [0.1, 0.15) is 0 Å². The molecule has 6 nitrogen and oxygen atoms in total. The van der Waals surface area contributed by atoms with Gasteiger partial charge in [-0.15, -0.1) is 0 Å². The predicted octanol–water partition coefficient (Wildman–Crippen LogP) is 3.51. The maximum absolute atomic E-state index is 13.0. The van der Waals surface area contributed by atoms with Crippen molar-refractivity contribution in [3.05, 3.63) is 51.7 Å². The largest absolute Gasteiger partial charge is 0.349 e. The van der Waals surface area contributed by atoms with Crippen LogP contribution in [-0.2, 0) is 4.79 Å². The lowest BCUT2D eigenvalue weighted by molar-refractivity contribution is -0.120.